The Labute approximate surface area is 55.9 Å². The SMILES string of the molecule is C=NC(C)/C(C)=N\NC. The summed E-state index contributed by atoms with van der Waals surface area (Å²) in [4.78, 5) is 3.79. The van der Waals surface area contributed by atoms with E-state index in [0.29, 0.717) is 0 Å². The van der Waals surface area contributed by atoms with Crippen LogP contribution in [-0.4, -0.2) is 25.5 Å². The molecule has 0 heterocycles. The number of hydrogen-bond donors (Lipinski definition) is 1. The predicted molar refractivity (Wildman–Crippen MR) is 41.2 cm³/mol. The minimum absolute atomic E-state index is 0.123. The second-order valence-electron chi connectivity index (χ2n) is 1.84. The summed E-state index contributed by atoms with van der Waals surface area (Å²) in [5.41, 5.74) is 3.63. The molecule has 3 nitrogen and oxygen atoms in total. The number of rotatable bonds is 3. The van der Waals surface area contributed by atoms with Crippen LogP contribution in [0.3, 0.4) is 0 Å². The van der Waals surface area contributed by atoms with Crippen molar-refractivity contribution in [2.24, 2.45) is 10.1 Å². The highest BCUT2D eigenvalue weighted by molar-refractivity contribution is 5.87. The molecule has 0 radical (unpaired) electrons. The molecular formula is C6H13N3. The van der Waals surface area contributed by atoms with Crippen LogP contribution in [0.2, 0.25) is 0 Å². The Morgan fingerprint density at radius 2 is 2.22 bits per heavy atom. The average molecular weight is 127 g/mol. The van der Waals surface area contributed by atoms with Gasteiger partial charge in [0.25, 0.3) is 0 Å². The van der Waals surface area contributed by atoms with Gasteiger partial charge in [0.05, 0.1) is 11.8 Å². The van der Waals surface area contributed by atoms with Gasteiger partial charge in [0.1, 0.15) is 0 Å². The summed E-state index contributed by atoms with van der Waals surface area (Å²) >= 11 is 0. The summed E-state index contributed by atoms with van der Waals surface area (Å²) in [5.74, 6) is 0. The van der Waals surface area contributed by atoms with Gasteiger partial charge in [0.2, 0.25) is 0 Å². The van der Waals surface area contributed by atoms with E-state index < -0.39 is 0 Å². The van der Waals surface area contributed by atoms with Crippen LogP contribution < -0.4 is 5.43 Å². The lowest BCUT2D eigenvalue weighted by molar-refractivity contribution is 0.864. The Morgan fingerprint density at radius 1 is 1.67 bits per heavy atom. The number of nitrogens with one attached hydrogen (secondary N) is 1. The van der Waals surface area contributed by atoms with Gasteiger partial charge in [0.15, 0.2) is 0 Å². The van der Waals surface area contributed by atoms with Gasteiger partial charge < -0.3 is 5.43 Å². The molecule has 1 atom stereocenters. The van der Waals surface area contributed by atoms with E-state index >= 15 is 0 Å². The molecule has 0 amide bonds. The van der Waals surface area contributed by atoms with E-state index in [1.54, 1.807) is 7.05 Å². The maximum atomic E-state index is 3.93. The predicted octanol–water partition coefficient (Wildman–Crippen LogP) is 0.671. The first-order chi connectivity index (χ1) is 4.22. The molecule has 0 aliphatic heterocycles. The Morgan fingerprint density at radius 3 is 2.56 bits per heavy atom. The minimum Gasteiger partial charge on any atom is -0.313 e. The van der Waals surface area contributed by atoms with Crippen LogP contribution in [0.1, 0.15) is 13.8 Å². The van der Waals surface area contributed by atoms with Crippen molar-refractivity contribution in [3.05, 3.63) is 0 Å². The van der Waals surface area contributed by atoms with Crippen LogP contribution in [0.15, 0.2) is 10.1 Å². The molecule has 0 bridgehead atoms. The molecule has 0 saturated carbocycles. The Balaban J connectivity index is 3.84. The van der Waals surface area contributed by atoms with Gasteiger partial charge in [-0.25, -0.2) is 0 Å². The molecule has 0 aliphatic carbocycles. The highest BCUT2D eigenvalue weighted by Gasteiger charge is 1.98. The summed E-state index contributed by atoms with van der Waals surface area (Å²) in [6.07, 6.45) is 0. The van der Waals surface area contributed by atoms with Crippen molar-refractivity contribution in [1.29, 1.82) is 0 Å². The van der Waals surface area contributed by atoms with Crippen LogP contribution in [0.4, 0.5) is 0 Å². The first kappa shape index (κ1) is 8.14. The lowest BCUT2D eigenvalue weighted by atomic mass is 10.2. The van der Waals surface area contributed by atoms with E-state index in [1.165, 1.54) is 0 Å². The molecule has 0 rings (SSSR count). The van der Waals surface area contributed by atoms with Crippen molar-refractivity contribution in [1.82, 2.24) is 5.43 Å². The number of hydrazone groups is 1. The lowest BCUT2D eigenvalue weighted by Crippen LogP contribution is -2.13. The third kappa shape index (κ3) is 2.85. The molecule has 1 N–H and O–H groups in total. The fraction of sp³-hybridized carbons (Fsp3) is 0.667. The maximum absolute atomic E-state index is 3.93. The van der Waals surface area contributed by atoms with Crippen molar-refractivity contribution >= 4 is 12.4 Å². The largest absolute Gasteiger partial charge is 0.313 e. The van der Waals surface area contributed by atoms with Gasteiger partial charge in [-0.2, -0.15) is 5.10 Å². The number of nitrogens with zero attached hydrogens (tertiary/aromatic N) is 2. The molecule has 3 heteroatoms. The molecule has 0 aliphatic rings. The van der Waals surface area contributed by atoms with Gasteiger partial charge in [0, 0.05) is 7.05 Å². The summed E-state index contributed by atoms with van der Waals surface area (Å²) < 4.78 is 0. The summed E-state index contributed by atoms with van der Waals surface area (Å²) in [7, 11) is 1.76. The highest BCUT2D eigenvalue weighted by Crippen LogP contribution is 1.89. The molecule has 0 fully saturated rings. The highest BCUT2D eigenvalue weighted by atomic mass is 15.3. The zero-order valence-corrected chi connectivity index (χ0v) is 6.18. The van der Waals surface area contributed by atoms with Crippen molar-refractivity contribution in [2.45, 2.75) is 19.9 Å². The van der Waals surface area contributed by atoms with Crippen LogP contribution in [-0.2, 0) is 0 Å². The zero-order chi connectivity index (χ0) is 7.28. The van der Waals surface area contributed by atoms with Gasteiger partial charge in [-0.3, -0.25) is 4.99 Å². The van der Waals surface area contributed by atoms with E-state index in [1.807, 2.05) is 13.8 Å². The summed E-state index contributed by atoms with van der Waals surface area (Å²) in [6.45, 7) is 7.27. The van der Waals surface area contributed by atoms with E-state index in [2.05, 4.69) is 22.2 Å². The number of hydrogen-bond acceptors (Lipinski definition) is 3. The molecule has 0 aromatic rings. The second-order valence-corrected chi connectivity index (χ2v) is 1.84. The maximum Gasteiger partial charge on any atom is 0.0859 e. The van der Waals surface area contributed by atoms with Gasteiger partial charge >= 0.3 is 0 Å². The van der Waals surface area contributed by atoms with Gasteiger partial charge in [-0.15, -0.1) is 0 Å². The van der Waals surface area contributed by atoms with Gasteiger partial charge in [-0.1, -0.05) is 0 Å². The summed E-state index contributed by atoms with van der Waals surface area (Å²) in [6, 6.07) is 0.123. The third-order valence-corrected chi connectivity index (χ3v) is 1.17. The Hall–Kier alpha value is -0.860. The Bertz CT molecular complexity index is 117. The first-order valence-electron chi connectivity index (χ1n) is 2.89. The van der Waals surface area contributed by atoms with Crippen LogP contribution in [0.25, 0.3) is 0 Å². The average Bonchev–Trinajstić information content (AvgIpc) is 1.87. The van der Waals surface area contributed by atoms with Crippen LogP contribution >= 0.6 is 0 Å². The van der Waals surface area contributed by atoms with E-state index in [9.17, 15) is 0 Å². The molecule has 0 saturated heterocycles. The van der Waals surface area contributed by atoms with E-state index in [4.69, 9.17) is 0 Å². The molecule has 52 valence electrons. The van der Waals surface area contributed by atoms with E-state index in [0.717, 1.165) is 5.71 Å². The molecular weight excluding hydrogens is 114 g/mol. The first-order valence-corrected chi connectivity index (χ1v) is 2.89. The van der Waals surface area contributed by atoms with Gasteiger partial charge in [-0.05, 0) is 20.6 Å². The normalized spacial score (nSPS) is 14.8. The minimum atomic E-state index is 0.123. The van der Waals surface area contributed by atoms with E-state index in [-0.39, 0.29) is 6.04 Å². The summed E-state index contributed by atoms with van der Waals surface area (Å²) in [5, 5.41) is 3.93. The molecule has 0 aromatic heterocycles. The van der Waals surface area contributed by atoms with Crippen molar-refractivity contribution in [2.75, 3.05) is 7.05 Å². The fourth-order valence-corrected chi connectivity index (χ4v) is 0.402. The van der Waals surface area contributed by atoms with Crippen molar-refractivity contribution in [3.63, 3.8) is 0 Å². The third-order valence-electron chi connectivity index (χ3n) is 1.17. The smallest absolute Gasteiger partial charge is 0.0859 e. The second kappa shape index (κ2) is 4.06. The lowest BCUT2D eigenvalue weighted by Gasteiger charge is -2.02. The van der Waals surface area contributed by atoms with Crippen molar-refractivity contribution in [3.8, 4) is 0 Å². The molecule has 0 aromatic carbocycles. The number of aliphatic imine (C=N–C) groups is 1. The fourth-order valence-electron chi connectivity index (χ4n) is 0.402. The molecule has 0 spiro atoms. The Kier molecular flexibility index (Phi) is 3.67. The topological polar surface area (TPSA) is 36.8 Å². The standard InChI is InChI=1S/C6H13N3/c1-5(7-3)6(2)9-8-4/h5,8H,3H2,1-2,4H3/b9-6-. The van der Waals surface area contributed by atoms with Crippen molar-refractivity contribution < 1.29 is 0 Å². The monoisotopic (exact) mass is 127 g/mol. The van der Waals surface area contributed by atoms with Crippen LogP contribution in [0, 0.1) is 0 Å². The zero-order valence-electron chi connectivity index (χ0n) is 6.18. The molecule has 9 heavy (non-hydrogen) atoms. The molecule has 1 unspecified atom stereocenters. The quantitative estimate of drug-likeness (QED) is 0.439. The van der Waals surface area contributed by atoms with Crippen LogP contribution in [0.5, 0.6) is 0 Å².